The zero-order valence-electron chi connectivity index (χ0n) is 17.9. The minimum absolute atomic E-state index is 0. The number of thiazole rings is 1. The van der Waals surface area contributed by atoms with Gasteiger partial charge in [0.2, 0.25) is 13.5 Å². The summed E-state index contributed by atoms with van der Waals surface area (Å²) in [6.07, 6.45) is 1.34. The van der Waals surface area contributed by atoms with Gasteiger partial charge in [0.25, 0.3) is 0 Å². The zero-order chi connectivity index (χ0) is 22.9. The normalized spacial score (nSPS) is 12.8. The molecule has 0 saturated heterocycles. The van der Waals surface area contributed by atoms with Crippen LogP contribution in [0.25, 0.3) is 10.9 Å². The fourth-order valence-electron chi connectivity index (χ4n) is 3.16. The molecule has 0 fully saturated rings. The first kappa shape index (κ1) is 25.6. The second-order valence-electron chi connectivity index (χ2n) is 6.92. The average Bonchev–Trinajstić information content (AvgIpc) is 3.43. The standard InChI is InChI=1S/C22H18FN2O5PS.Na/c1-2-20(26)18-13-32-22(24-18)21(27)17-11-25(19-9-8-15(23)10-16(17)19)31(28,29)30-12-14-6-4-3-5-7-14;/h3-11,13H,2,12H2,1H3,(H,28,29);/q;+1/p-1. The number of aromatic nitrogens is 2. The summed E-state index contributed by atoms with van der Waals surface area (Å²) in [5, 5.41) is 1.59. The molecule has 7 nitrogen and oxygen atoms in total. The molecule has 0 spiro atoms. The van der Waals surface area contributed by atoms with Crippen molar-refractivity contribution in [3.8, 4) is 0 Å². The quantitative estimate of drug-likeness (QED) is 0.210. The molecule has 0 radical (unpaired) electrons. The van der Waals surface area contributed by atoms with Crippen molar-refractivity contribution in [2.75, 3.05) is 0 Å². The Hall–Kier alpha value is -1.97. The molecule has 0 aliphatic carbocycles. The summed E-state index contributed by atoms with van der Waals surface area (Å²) in [4.78, 5) is 41.9. The predicted octanol–water partition coefficient (Wildman–Crippen LogP) is 1.60. The average molecular weight is 494 g/mol. The van der Waals surface area contributed by atoms with E-state index in [2.05, 4.69) is 4.98 Å². The summed E-state index contributed by atoms with van der Waals surface area (Å²) in [5.41, 5.74) is 0.862. The van der Waals surface area contributed by atoms with Gasteiger partial charge in [0.05, 0.1) is 17.7 Å². The molecule has 0 amide bonds. The van der Waals surface area contributed by atoms with Crippen LogP contribution in [0.4, 0.5) is 4.39 Å². The molecule has 0 bridgehead atoms. The van der Waals surface area contributed by atoms with Gasteiger partial charge in [-0.1, -0.05) is 37.3 Å². The Morgan fingerprint density at radius 1 is 1.21 bits per heavy atom. The topological polar surface area (TPSA) is 101 Å². The van der Waals surface area contributed by atoms with E-state index in [0.29, 0.717) is 5.56 Å². The minimum Gasteiger partial charge on any atom is -0.761 e. The van der Waals surface area contributed by atoms with E-state index >= 15 is 0 Å². The smallest absolute Gasteiger partial charge is 0.761 e. The van der Waals surface area contributed by atoms with Crippen molar-refractivity contribution in [1.29, 1.82) is 0 Å². The van der Waals surface area contributed by atoms with Crippen molar-refractivity contribution >= 4 is 41.6 Å². The first-order chi connectivity index (χ1) is 15.3. The third-order valence-electron chi connectivity index (χ3n) is 4.80. The number of carbonyl (C=O) groups excluding carboxylic acids is 2. The summed E-state index contributed by atoms with van der Waals surface area (Å²) in [7, 11) is -4.68. The maximum Gasteiger partial charge on any atom is 1.00 e. The molecule has 0 aliphatic rings. The number of halogens is 1. The summed E-state index contributed by atoms with van der Waals surface area (Å²) in [6, 6.07) is 12.2. The molecule has 0 N–H and O–H groups in total. The Morgan fingerprint density at radius 2 is 1.94 bits per heavy atom. The Labute approximate surface area is 215 Å². The Morgan fingerprint density at radius 3 is 2.64 bits per heavy atom. The molecule has 4 aromatic rings. The van der Waals surface area contributed by atoms with Crippen LogP contribution in [0.15, 0.2) is 60.1 Å². The van der Waals surface area contributed by atoms with Crippen molar-refractivity contribution < 1.29 is 57.5 Å². The number of rotatable bonds is 8. The van der Waals surface area contributed by atoms with Crippen LogP contribution in [-0.2, 0) is 15.7 Å². The van der Waals surface area contributed by atoms with E-state index in [9.17, 15) is 23.4 Å². The minimum atomic E-state index is -4.68. The molecule has 164 valence electrons. The molecule has 1 unspecified atom stereocenters. The van der Waals surface area contributed by atoms with Crippen LogP contribution >= 0.6 is 19.1 Å². The Bertz CT molecular complexity index is 1370. The predicted molar refractivity (Wildman–Crippen MR) is 116 cm³/mol. The summed E-state index contributed by atoms with van der Waals surface area (Å²) >= 11 is 0.970. The molecule has 11 heteroatoms. The monoisotopic (exact) mass is 494 g/mol. The molecule has 1 atom stereocenters. The first-order valence-corrected chi connectivity index (χ1v) is 12.0. The number of fused-ring (bicyclic) bond motifs is 1. The number of benzene rings is 2. The van der Waals surface area contributed by atoms with Gasteiger partial charge in [0.15, 0.2) is 10.8 Å². The van der Waals surface area contributed by atoms with Crippen LogP contribution in [-0.4, -0.2) is 20.9 Å². The van der Waals surface area contributed by atoms with Crippen molar-refractivity contribution in [3.05, 3.63) is 87.8 Å². The molecule has 2 aromatic heterocycles. The second kappa shape index (κ2) is 10.5. The van der Waals surface area contributed by atoms with Crippen molar-refractivity contribution in [2.24, 2.45) is 0 Å². The molecule has 4 rings (SSSR count). The SMILES string of the molecule is CCC(=O)c1csc(C(=O)c2cn(P(=O)([O-])OCc3ccccc3)c3ccc(F)cc23)n1.[Na+]. The third-order valence-corrected chi connectivity index (χ3v) is 6.95. The van der Waals surface area contributed by atoms with E-state index in [1.165, 1.54) is 11.4 Å². The Balaban J connectivity index is 0.00000306. The molecular weight excluding hydrogens is 477 g/mol. The van der Waals surface area contributed by atoms with Crippen molar-refractivity contribution in [1.82, 2.24) is 9.32 Å². The maximum atomic E-state index is 14.0. The van der Waals surface area contributed by atoms with Gasteiger partial charge in [-0.05, 0) is 23.8 Å². The van der Waals surface area contributed by atoms with Gasteiger partial charge in [0, 0.05) is 23.4 Å². The van der Waals surface area contributed by atoms with Gasteiger partial charge in [-0.2, -0.15) is 0 Å². The second-order valence-corrected chi connectivity index (χ2v) is 9.40. The number of carbonyl (C=O) groups is 2. The van der Waals surface area contributed by atoms with Crippen LogP contribution in [0.1, 0.15) is 44.8 Å². The van der Waals surface area contributed by atoms with E-state index in [4.69, 9.17) is 4.52 Å². The van der Waals surface area contributed by atoms with E-state index in [0.717, 1.165) is 34.0 Å². The Kier molecular flexibility index (Phi) is 8.18. The van der Waals surface area contributed by atoms with Crippen LogP contribution in [0, 0.1) is 5.82 Å². The molecule has 2 heterocycles. The van der Waals surface area contributed by atoms with Gasteiger partial charge < -0.3 is 9.42 Å². The number of Topliss-reactive ketones (excluding diaryl/α,β-unsaturated/α-hetero) is 1. The van der Waals surface area contributed by atoms with Crippen LogP contribution in [0.5, 0.6) is 0 Å². The molecule has 0 aliphatic heterocycles. The summed E-state index contributed by atoms with van der Waals surface area (Å²) in [5.74, 6) is -1.45. The van der Waals surface area contributed by atoms with E-state index in [-0.39, 0.29) is 75.5 Å². The van der Waals surface area contributed by atoms with Crippen LogP contribution in [0.2, 0.25) is 0 Å². The number of nitrogens with zero attached hydrogens (tertiary/aromatic N) is 2. The maximum absolute atomic E-state index is 14.0. The van der Waals surface area contributed by atoms with Gasteiger partial charge in [-0.25, -0.2) is 9.37 Å². The van der Waals surface area contributed by atoms with E-state index in [1.807, 2.05) is 0 Å². The van der Waals surface area contributed by atoms with Crippen molar-refractivity contribution in [2.45, 2.75) is 20.0 Å². The fraction of sp³-hybridized carbons (Fsp3) is 0.136. The van der Waals surface area contributed by atoms with Crippen LogP contribution < -0.4 is 34.5 Å². The fourth-order valence-corrected chi connectivity index (χ4v) is 5.07. The molecule has 33 heavy (non-hydrogen) atoms. The van der Waals surface area contributed by atoms with E-state index < -0.39 is 19.3 Å². The number of ketones is 2. The van der Waals surface area contributed by atoms with E-state index in [1.54, 1.807) is 37.3 Å². The number of hydrogen-bond donors (Lipinski definition) is 0. The third kappa shape index (κ3) is 5.41. The van der Waals surface area contributed by atoms with Gasteiger partial charge in [-0.3, -0.25) is 18.5 Å². The zero-order valence-corrected chi connectivity index (χ0v) is 21.6. The molecule has 2 aromatic carbocycles. The summed E-state index contributed by atoms with van der Waals surface area (Å²) < 4.78 is 32.9. The van der Waals surface area contributed by atoms with Crippen LogP contribution in [0.3, 0.4) is 0 Å². The van der Waals surface area contributed by atoms with Gasteiger partial charge in [-0.15, -0.1) is 11.3 Å². The number of hydrogen-bond acceptors (Lipinski definition) is 7. The van der Waals surface area contributed by atoms with Gasteiger partial charge >= 0.3 is 29.6 Å². The largest absolute Gasteiger partial charge is 1.00 e. The summed E-state index contributed by atoms with van der Waals surface area (Å²) in [6.45, 7) is 1.49. The van der Waals surface area contributed by atoms with Gasteiger partial charge in [0.1, 0.15) is 11.5 Å². The van der Waals surface area contributed by atoms with Crippen molar-refractivity contribution in [3.63, 3.8) is 0 Å². The first-order valence-electron chi connectivity index (χ1n) is 9.64. The molecule has 0 saturated carbocycles. The molecular formula is C22H17FN2NaO5PS.